The van der Waals surface area contributed by atoms with E-state index in [1.54, 1.807) is 18.4 Å². The van der Waals surface area contributed by atoms with Gasteiger partial charge in [-0.1, -0.05) is 24.3 Å². The van der Waals surface area contributed by atoms with Crippen LogP contribution in [0.4, 0.5) is 0 Å². The first-order chi connectivity index (χ1) is 10.4. The zero-order valence-electron chi connectivity index (χ0n) is 13.2. The van der Waals surface area contributed by atoms with Crippen LogP contribution < -0.4 is 9.88 Å². The maximum absolute atomic E-state index is 11.8. The van der Waals surface area contributed by atoms with E-state index in [1.165, 1.54) is 10.4 Å². The Balaban J connectivity index is 2.28. The van der Waals surface area contributed by atoms with E-state index >= 15 is 0 Å². The number of nitrogens with two attached hydrogens (primary N) is 1. The van der Waals surface area contributed by atoms with E-state index in [1.807, 2.05) is 32.0 Å². The van der Waals surface area contributed by atoms with Gasteiger partial charge in [0.2, 0.25) is 0 Å². The third-order valence-electron chi connectivity index (χ3n) is 3.89. The van der Waals surface area contributed by atoms with Gasteiger partial charge in [0, 0.05) is 4.88 Å². The predicted octanol–water partition coefficient (Wildman–Crippen LogP) is 3.87. The Bertz CT molecular complexity index is 623. The second-order valence-electron chi connectivity index (χ2n) is 5.99. The molecule has 22 heavy (non-hydrogen) atoms. The van der Waals surface area contributed by atoms with E-state index in [0.29, 0.717) is 0 Å². The molecule has 0 amide bonds. The smallest absolute Gasteiger partial charge is 0.122 e. The van der Waals surface area contributed by atoms with Gasteiger partial charge in [-0.2, -0.15) is 0 Å². The highest BCUT2D eigenvalue weighted by molar-refractivity contribution is 7.84. The molecule has 2 aromatic rings. The summed E-state index contributed by atoms with van der Waals surface area (Å²) in [5, 5.41) is 7.75. The molecule has 2 rings (SSSR count). The van der Waals surface area contributed by atoms with E-state index < -0.39 is 15.7 Å². The minimum atomic E-state index is -1.35. The fourth-order valence-electron chi connectivity index (χ4n) is 2.61. The molecule has 1 aromatic heterocycles. The SMILES string of the molecule is COc1ccccc1C[C@H](CC(C)(C)S(N)=O)c1cccs1. The highest BCUT2D eigenvalue weighted by Crippen LogP contribution is 2.35. The molecule has 0 saturated heterocycles. The number of methoxy groups -OCH3 is 1. The molecular weight excluding hydrogens is 314 g/mol. The summed E-state index contributed by atoms with van der Waals surface area (Å²) in [7, 11) is 0.342. The van der Waals surface area contributed by atoms with Crippen molar-refractivity contribution in [2.24, 2.45) is 5.14 Å². The normalized spacial score (nSPS) is 14.5. The van der Waals surface area contributed by atoms with Crippen LogP contribution >= 0.6 is 11.3 Å². The lowest BCUT2D eigenvalue weighted by atomic mass is 9.89. The summed E-state index contributed by atoms with van der Waals surface area (Å²) in [6, 6.07) is 12.3. The molecule has 1 unspecified atom stereocenters. The summed E-state index contributed by atoms with van der Waals surface area (Å²) in [4.78, 5) is 1.30. The first-order valence-electron chi connectivity index (χ1n) is 7.25. The third-order valence-corrected chi connectivity index (χ3v) is 6.18. The van der Waals surface area contributed by atoms with E-state index in [9.17, 15) is 4.21 Å². The van der Waals surface area contributed by atoms with Crippen LogP contribution in [0.2, 0.25) is 0 Å². The maximum atomic E-state index is 11.8. The van der Waals surface area contributed by atoms with Crippen molar-refractivity contribution in [2.45, 2.75) is 37.4 Å². The van der Waals surface area contributed by atoms with E-state index in [4.69, 9.17) is 9.88 Å². The number of thiophene rings is 1. The van der Waals surface area contributed by atoms with Crippen molar-refractivity contribution >= 4 is 22.3 Å². The van der Waals surface area contributed by atoms with Gasteiger partial charge < -0.3 is 4.74 Å². The molecule has 0 fully saturated rings. The molecule has 0 aliphatic carbocycles. The van der Waals surface area contributed by atoms with Crippen molar-refractivity contribution in [2.75, 3.05) is 7.11 Å². The zero-order chi connectivity index (χ0) is 16.2. The quantitative estimate of drug-likeness (QED) is 0.834. The van der Waals surface area contributed by atoms with Crippen LogP contribution in [0.3, 0.4) is 0 Å². The predicted molar refractivity (Wildman–Crippen MR) is 94.8 cm³/mol. The largest absolute Gasteiger partial charge is 0.496 e. The minimum absolute atomic E-state index is 0.277. The summed E-state index contributed by atoms with van der Waals surface area (Å²) in [6.07, 6.45) is 1.62. The highest BCUT2D eigenvalue weighted by atomic mass is 32.2. The molecule has 0 spiro atoms. The molecule has 0 bridgehead atoms. The molecule has 120 valence electrons. The molecule has 2 N–H and O–H groups in total. The second-order valence-corrected chi connectivity index (χ2v) is 8.67. The number of benzene rings is 1. The Morgan fingerprint density at radius 3 is 2.59 bits per heavy atom. The van der Waals surface area contributed by atoms with Crippen molar-refractivity contribution in [3.05, 3.63) is 52.2 Å². The van der Waals surface area contributed by atoms with Gasteiger partial charge in [0.05, 0.1) is 22.8 Å². The second kappa shape index (κ2) is 7.40. The van der Waals surface area contributed by atoms with Crippen LogP contribution in [0.1, 0.15) is 36.6 Å². The number of hydrogen-bond donors (Lipinski definition) is 1. The molecule has 3 nitrogen and oxygen atoms in total. The molecule has 0 aliphatic heterocycles. The summed E-state index contributed by atoms with van der Waals surface area (Å²) >= 11 is 1.74. The molecular formula is C17H23NO2S2. The van der Waals surface area contributed by atoms with Gasteiger partial charge in [-0.25, -0.2) is 4.21 Å². The third kappa shape index (κ3) is 4.18. The minimum Gasteiger partial charge on any atom is -0.496 e. The molecule has 0 aliphatic rings. The molecule has 0 saturated carbocycles. The fourth-order valence-corrected chi connectivity index (χ4v) is 3.81. The van der Waals surface area contributed by atoms with Crippen LogP contribution in [0.25, 0.3) is 0 Å². The highest BCUT2D eigenvalue weighted by Gasteiger charge is 2.29. The molecule has 1 heterocycles. The molecule has 0 radical (unpaired) electrons. The Morgan fingerprint density at radius 2 is 2.00 bits per heavy atom. The first kappa shape index (κ1) is 17.2. The van der Waals surface area contributed by atoms with E-state index in [-0.39, 0.29) is 5.92 Å². The number of rotatable bonds is 7. The van der Waals surface area contributed by atoms with Crippen LogP contribution in [0, 0.1) is 0 Å². The summed E-state index contributed by atoms with van der Waals surface area (Å²) in [5.74, 6) is 1.18. The van der Waals surface area contributed by atoms with Crippen molar-refractivity contribution in [1.29, 1.82) is 0 Å². The van der Waals surface area contributed by atoms with E-state index in [2.05, 4.69) is 23.6 Å². The summed E-state index contributed by atoms with van der Waals surface area (Å²) < 4.78 is 16.9. The lowest BCUT2D eigenvalue weighted by Crippen LogP contribution is -2.34. The monoisotopic (exact) mass is 337 g/mol. The first-order valence-corrected chi connectivity index (χ1v) is 9.35. The van der Waals surface area contributed by atoms with Gasteiger partial charge in [-0.05, 0) is 55.7 Å². The van der Waals surface area contributed by atoms with Gasteiger partial charge in [0.1, 0.15) is 5.75 Å². The zero-order valence-corrected chi connectivity index (χ0v) is 14.9. The van der Waals surface area contributed by atoms with Crippen molar-refractivity contribution in [3.63, 3.8) is 0 Å². The average molecular weight is 338 g/mol. The lowest BCUT2D eigenvalue weighted by Gasteiger charge is -2.27. The number of hydrogen-bond acceptors (Lipinski definition) is 3. The summed E-state index contributed by atoms with van der Waals surface area (Å²) in [6.45, 7) is 3.93. The van der Waals surface area contributed by atoms with Crippen LogP contribution in [0.5, 0.6) is 5.75 Å². The average Bonchev–Trinajstić information content (AvgIpc) is 3.01. The van der Waals surface area contributed by atoms with Gasteiger partial charge >= 0.3 is 0 Å². The van der Waals surface area contributed by atoms with Crippen molar-refractivity contribution in [1.82, 2.24) is 0 Å². The standard InChI is InChI=1S/C17H23NO2S2/c1-17(2,22(18)19)12-14(16-9-6-10-21-16)11-13-7-4-5-8-15(13)20-3/h4-10,14H,11-12,18H2,1-3H3/t14-,22?/m1/s1. The Kier molecular flexibility index (Phi) is 5.78. The van der Waals surface area contributed by atoms with Crippen molar-refractivity contribution in [3.8, 4) is 5.75 Å². The number of ether oxygens (including phenoxy) is 1. The Morgan fingerprint density at radius 1 is 1.27 bits per heavy atom. The van der Waals surface area contributed by atoms with Crippen molar-refractivity contribution < 1.29 is 8.95 Å². The van der Waals surface area contributed by atoms with Gasteiger partial charge in [-0.15, -0.1) is 11.3 Å². The Hall–Kier alpha value is -1.17. The molecule has 2 atom stereocenters. The van der Waals surface area contributed by atoms with Gasteiger partial charge in [0.15, 0.2) is 0 Å². The van der Waals surface area contributed by atoms with Crippen LogP contribution in [-0.4, -0.2) is 16.1 Å². The topological polar surface area (TPSA) is 52.3 Å². The maximum Gasteiger partial charge on any atom is 0.122 e. The summed E-state index contributed by atoms with van der Waals surface area (Å²) in [5.41, 5.74) is 1.17. The van der Waals surface area contributed by atoms with E-state index in [0.717, 1.165) is 18.6 Å². The molecule has 5 heteroatoms. The van der Waals surface area contributed by atoms with Crippen LogP contribution in [0.15, 0.2) is 41.8 Å². The van der Waals surface area contributed by atoms with Gasteiger partial charge in [-0.3, -0.25) is 5.14 Å². The number of para-hydroxylation sites is 1. The Labute approximate surface area is 139 Å². The lowest BCUT2D eigenvalue weighted by molar-refractivity contribution is 0.406. The van der Waals surface area contributed by atoms with Gasteiger partial charge in [0.25, 0.3) is 0 Å². The van der Waals surface area contributed by atoms with Crippen LogP contribution in [-0.2, 0) is 17.4 Å². The molecule has 1 aromatic carbocycles. The fraction of sp³-hybridized carbons (Fsp3) is 0.412.